The lowest BCUT2D eigenvalue weighted by molar-refractivity contribution is -0.148. The SMILES string of the molecule is CC(C)C(NS(=O)(=O)c1ccccc1)C(=O)OCc1cnn(-c2ccccc2)c1. The lowest BCUT2D eigenvalue weighted by atomic mass is 10.1. The number of hydrogen-bond acceptors (Lipinski definition) is 5. The number of carbonyl (C=O) groups excluding carboxylic acids is 1. The third kappa shape index (κ3) is 5.30. The molecule has 7 nitrogen and oxygen atoms in total. The molecule has 29 heavy (non-hydrogen) atoms. The van der Waals surface area contributed by atoms with Gasteiger partial charge in [0.25, 0.3) is 0 Å². The van der Waals surface area contributed by atoms with Crippen molar-refractivity contribution in [1.29, 1.82) is 0 Å². The van der Waals surface area contributed by atoms with Crippen LogP contribution in [0.2, 0.25) is 0 Å². The molecule has 1 N–H and O–H groups in total. The highest BCUT2D eigenvalue weighted by atomic mass is 32.2. The summed E-state index contributed by atoms with van der Waals surface area (Å²) >= 11 is 0. The van der Waals surface area contributed by atoms with E-state index in [0.717, 1.165) is 5.69 Å². The van der Waals surface area contributed by atoms with Crippen LogP contribution < -0.4 is 4.72 Å². The summed E-state index contributed by atoms with van der Waals surface area (Å²) in [6.07, 6.45) is 3.37. The fourth-order valence-electron chi connectivity index (χ4n) is 2.69. The molecule has 0 amide bonds. The van der Waals surface area contributed by atoms with E-state index in [1.807, 2.05) is 30.3 Å². The van der Waals surface area contributed by atoms with Gasteiger partial charge in [-0.05, 0) is 30.2 Å². The zero-order valence-corrected chi connectivity index (χ0v) is 17.0. The van der Waals surface area contributed by atoms with Crippen molar-refractivity contribution < 1.29 is 17.9 Å². The molecule has 3 rings (SSSR count). The first kappa shape index (κ1) is 20.8. The van der Waals surface area contributed by atoms with Gasteiger partial charge in [0.05, 0.1) is 16.8 Å². The number of carbonyl (C=O) groups is 1. The summed E-state index contributed by atoms with van der Waals surface area (Å²) < 4.78 is 34.6. The van der Waals surface area contributed by atoms with E-state index >= 15 is 0 Å². The summed E-state index contributed by atoms with van der Waals surface area (Å²) in [6.45, 7) is 3.52. The van der Waals surface area contributed by atoms with Crippen molar-refractivity contribution in [2.24, 2.45) is 5.92 Å². The molecule has 3 aromatic rings. The molecule has 1 unspecified atom stereocenters. The van der Waals surface area contributed by atoms with Crippen LogP contribution in [0.1, 0.15) is 19.4 Å². The Morgan fingerprint density at radius 1 is 1.07 bits per heavy atom. The largest absolute Gasteiger partial charge is 0.459 e. The minimum atomic E-state index is -3.83. The van der Waals surface area contributed by atoms with Gasteiger partial charge in [-0.3, -0.25) is 4.79 Å². The Morgan fingerprint density at radius 2 is 1.69 bits per heavy atom. The second kappa shape index (κ2) is 9.02. The van der Waals surface area contributed by atoms with Crippen LogP contribution in [0.4, 0.5) is 0 Å². The zero-order chi connectivity index (χ0) is 20.9. The van der Waals surface area contributed by atoms with Crippen LogP contribution in [0.15, 0.2) is 78.0 Å². The zero-order valence-electron chi connectivity index (χ0n) is 16.2. The molecule has 1 aromatic heterocycles. The van der Waals surface area contributed by atoms with Crippen molar-refractivity contribution in [3.63, 3.8) is 0 Å². The van der Waals surface area contributed by atoms with Gasteiger partial charge in [-0.25, -0.2) is 13.1 Å². The van der Waals surface area contributed by atoms with E-state index in [1.165, 1.54) is 12.1 Å². The number of ether oxygens (including phenoxy) is 1. The van der Waals surface area contributed by atoms with Crippen LogP contribution in [0, 0.1) is 5.92 Å². The van der Waals surface area contributed by atoms with E-state index in [9.17, 15) is 13.2 Å². The summed E-state index contributed by atoms with van der Waals surface area (Å²) in [4.78, 5) is 12.7. The van der Waals surface area contributed by atoms with E-state index in [4.69, 9.17) is 4.74 Å². The molecule has 1 heterocycles. The number of esters is 1. The van der Waals surface area contributed by atoms with Gasteiger partial charge in [-0.15, -0.1) is 0 Å². The Kier molecular flexibility index (Phi) is 6.46. The number of nitrogens with zero attached hydrogens (tertiary/aromatic N) is 2. The average Bonchev–Trinajstić information content (AvgIpc) is 3.20. The summed E-state index contributed by atoms with van der Waals surface area (Å²) in [6, 6.07) is 16.5. The maximum atomic E-state index is 12.6. The van der Waals surface area contributed by atoms with Crippen molar-refractivity contribution in [2.45, 2.75) is 31.4 Å². The monoisotopic (exact) mass is 413 g/mol. The maximum Gasteiger partial charge on any atom is 0.324 e. The van der Waals surface area contributed by atoms with Gasteiger partial charge in [0.15, 0.2) is 0 Å². The molecule has 0 saturated carbocycles. The first-order valence-corrected chi connectivity index (χ1v) is 10.7. The Labute approximate surface area is 170 Å². The van der Waals surface area contributed by atoms with Gasteiger partial charge in [-0.2, -0.15) is 9.82 Å². The molecular formula is C21H23N3O4S. The molecule has 0 saturated heterocycles. The molecule has 0 spiro atoms. The van der Waals surface area contributed by atoms with E-state index in [1.54, 1.807) is 49.1 Å². The quantitative estimate of drug-likeness (QED) is 0.574. The van der Waals surface area contributed by atoms with Crippen molar-refractivity contribution in [2.75, 3.05) is 0 Å². The van der Waals surface area contributed by atoms with E-state index in [-0.39, 0.29) is 17.4 Å². The summed E-state index contributed by atoms with van der Waals surface area (Å²) in [5.41, 5.74) is 1.59. The number of benzene rings is 2. The number of rotatable bonds is 8. The number of para-hydroxylation sites is 1. The van der Waals surface area contributed by atoms with Crippen LogP contribution in [0.5, 0.6) is 0 Å². The molecule has 0 aliphatic rings. The predicted molar refractivity (Wildman–Crippen MR) is 109 cm³/mol. The first-order valence-electron chi connectivity index (χ1n) is 9.20. The maximum absolute atomic E-state index is 12.6. The normalized spacial score (nSPS) is 12.7. The Bertz CT molecular complexity index is 1050. The van der Waals surface area contributed by atoms with Crippen molar-refractivity contribution in [3.8, 4) is 5.69 Å². The summed E-state index contributed by atoms with van der Waals surface area (Å²) in [7, 11) is -3.83. The van der Waals surface area contributed by atoms with Crippen LogP contribution in [-0.4, -0.2) is 30.2 Å². The second-order valence-corrected chi connectivity index (χ2v) is 8.61. The minimum absolute atomic E-state index is 0.00194. The van der Waals surface area contributed by atoms with Gasteiger partial charge < -0.3 is 4.74 Å². The van der Waals surface area contributed by atoms with Crippen molar-refractivity contribution in [1.82, 2.24) is 14.5 Å². The third-order valence-corrected chi connectivity index (χ3v) is 5.75. The standard InChI is InChI=1S/C21H23N3O4S/c1-16(2)20(23-29(26,27)19-11-7-4-8-12-19)21(25)28-15-17-13-22-24(14-17)18-9-5-3-6-10-18/h3-14,16,20,23H,15H2,1-2H3. The molecule has 0 aliphatic carbocycles. The van der Waals surface area contributed by atoms with Crippen LogP contribution in [0.25, 0.3) is 5.69 Å². The minimum Gasteiger partial charge on any atom is -0.459 e. The third-order valence-electron chi connectivity index (χ3n) is 4.29. The Hall–Kier alpha value is -2.97. The molecule has 0 fully saturated rings. The number of nitrogens with one attached hydrogen (secondary N) is 1. The summed E-state index contributed by atoms with van der Waals surface area (Å²) in [5.74, 6) is -0.917. The number of hydrogen-bond donors (Lipinski definition) is 1. The first-order chi connectivity index (χ1) is 13.9. The highest BCUT2D eigenvalue weighted by molar-refractivity contribution is 7.89. The molecule has 2 aromatic carbocycles. The fraction of sp³-hybridized carbons (Fsp3) is 0.238. The van der Waals surface area contributed by atoms with Gasteiger partial charge in [0.2, 0.25) is 10.0 Å². The molecule has 152 valence electrons. The van der Waals surface area contributed by atoms with Gasteiger partial charge in [0.1, 0.15) is 12.6 Å². The van der Waals surface area contributed by atoms with E-state index in [0.29, 0.717) is 5.56 Å². The molecule has 0 radical (unpaired) electrons. The molecule has 0 bridgehead atoms. The molecule has 1 atom stereocenters. The van der Waals surface area contributed by atoms with E-state index < -0.39 is 22.0 Å². The van der Waals surface area contributed by atoms with Crippen LogP contribution in [-0.2, 0) is 26.2 Å². The highest BCUT2D eigenvalue weighted by Crippen LogP contribution is 2.14. The Morgan fingerprint density at radius 3 is 2.31 bits per heavy atom. The topological polar surface area (TPSA) is 90.3 Å². The van der Waals surface area contributed by atoms with Gasteiger partial charge >= 0.3 is 5.97 Å². The highest BCUT2D eigenvalue weighted by Gasteiger charge is 2.29. The van der Waals surface area contributed by atoms with Gasteiger partial charge in [0, 0.05) is 11.8 Å². The molecule has 0 aliphatic heterocycles. The average molecular weight is 413 g/mol. The summed E-state index contributed by atoms with van der Waals surface area (Å²) in [5, 5.41) is 4.26. The lowest BCUT2D eigenvalue weighted by Crippen LogP contribution is -2.45. The number of sulfonamides is 1. The van der Waals surface area contributed by atoms with E-state index in [2.05, 4.69) is 9.82 Å². The van der Waals surface area contributed by atoms with Crippen molar-refractivity contribution >= 4 is 16.0 Å². The van der Waals surface area contributed by atoms with Crippen LogP contribution in [0.3, 0.4) is 0 Å². The fourth-order valence-corrected chi connectivity index (χ4v) is 4.05. The molecule has 8 heteroatoms. The smallest absolute Gasteiger partial charge is 0.324 e. The molecular weight excluding hydrogens is 390 g/mol. The Balaban J connectivity index is 1.65. The lowest BCUT2D eigenvalue weighted by Gasteiger charge is -2.20. The van der Waals surface area contributed by atoms with Crippen molar-refractivity contribution in [3.05, 3.63) is 78.6 Å². The van der Waals surface area contributed by atoms with Crippen LogP contribution >= 0.6 is 0 Å². The number of aromatic nitrogens is 2. The van der Waals surface area contributed by atoms with Gasteiger partial charge in [-0.1, -0.05) is 50.2 Å². The predicted octanol–water partition coefficient (Wildman–Crippen LogP) is 2.92. The second-order valence-electron chi connectivity index (χ2n) is 6.89.